The Balaban J connectivity index is 2.53. The number of hydrogen-bond donors (Lipinski definition) is 1. The Labute approximate surface area is 102 Å². The number of nitrogens with zero attached hydrogens (tertiary/aromatic N) is 2. The first-order valence-electron chi connectivity index (χ1n) is 5.26. The number of rotatable bonds is 1. The monoisotopic (exact) mass is 247 g/mol. The van der Waals surface area contributed by atoms with Gasteiger partial charge in [-0.25, -0.2) is 4.52 Å². The van der Waals surface area contributed by atoms with Crippen LogP contribution in [0.15, 0.2) is 29.2 Å². The van der Waals surface area contributed by atoms with Gasteiger partial charge in [0.2, 0.25) is 0 Å². The number of aromatic amines is 1. The van der Waals surface area contributed by atoms with Gasteiger partial charge in [0, 0.05) is 11.4 Å². The Morgan fingerprint density at radius 1 is 1.47 bits per heavy atom. The number of aryl methyl sites for hydroxylation is 1. The van der Waals surface area contributed by atoms with Gasteiger partial charge in [0.1, 0.15) is 5.52 Å². The molecule has 3 rings (SSSR count). The van der Waals surface area contributed by atoms with E-state index >= 15 is 0 Å². The fraction of sp³-hybridized carbons (Fsp3) is 0.167. The van der Waals surface area contributed by atoms with E-state index in [4.69, 9.17) is 11.6 Å². The standard InChI is InChI=1S/C12H10ClN3O/c1-7-6-14-16-10-3-2-8(5-13)4-9(10)15-12(17)11(7)16/h2-4,6H,5H2,1H3,(H,15,17). The second kappa shape index (κ2) is 3.60. The van der Waals surface area contributed by atoms with Crippen molar-refractivity contribution < 1.29 is 0 Å². The molecule has 0 aliphatic rings. The van der Waals surface area contributed by atoms with Crippen LogP contribution in [0.2, 0.25) is 0 Å². The number of H-pyrrole nitrogens is 1. The molecular weight excluding hydrogens is 238 g/mol. The maximum absolute atomic E-state index is 11.9. The summed E-state index contributed by atoms with van der Waals surface area (Å²) in [4.78, 5) is 14.8. The molecule has 1 N–H and O–H groups in total. The maximum atomic E-state index is 11.9. The molecule has 0 spiro atoms. The van der Waals surface area contributed by atoms with Crippen LogP contribution in [0.1, 0.15) is 11.1 Å². The summed E-state index contributed by atoms with van der Waals surface area (Å²) in [5.74, 6) is 0.425. The third-order valence-corrected chi connectivity index (χ3v) is 3.17. The molecule has 2 heterocycles. The quantitative estimate of drug-likeness (QED) is 0.671. The molecule has 0 unspecified atom stereocenters. The van der Waals surface area contributed by atoms with Crippen molar-refractivity contribution in [2.45, 2.75) is 12.8 Å². The van der Waals surface area contributed by atoms with Crippen LogP contribution in [0.3, 0.4) is 0 Å². The molecule has 0 radical (unpaired) electrons. The minimum absolute atomic E-state index is 0.126. The van der Waals surface area contributed by atoms with Crippen molar-refractivity contribution in [3.63, 3.8) is 0 Å². The summed E-state index contributed by atoms with van der Waals surface area (Å²) in [6.07, 6.45) is 1.69. The number of hydrogen-bond acceptors (Lipinski definition) is 2. The summed E-state index contributed by atoms with van der Waals surface area (Å²) in [5, 5.41) is 4.23. The molecule has 5 heteroatoms. The molecule has 1 aromatic carbocycles. The Hall–Kier alpha value is -1.81. The Bertz CT molecular complexity index is 772. The lowest BCUT2D eigenvalue weighted by Crippen LogP contribution is -2.11. The largest absolute Gasteiger partial charge is 0.319 e. The molecule has 0 fully saturated rings. The lowest BCUT2D eigenvalue weighted by atomic mass is 10.2. The Kier molecular flexibility index (Phi) is 2.19. The molecule has 0 aliphatic carbocycles. The molecule has 0 aliphatic heterocycles. The van der Waals surface area contributed by atoms with Gasteiger partial charge in [0.25, 0.3) is 5.56 Å². The van der Waals surface area contributed by atoms with Crippen molar-refractivity contribution in [2.75, 3.05) is 0 Å². The van der Waals surface area contributed by atoms with E-state index in [1.807, 2.05) is 25.1 Å². The van der Waals surface area contributed by atoms with E-state index < -0.39 is 0 Å². The molecule has 0 saturated carbocycles. The van der Waals surface area contributed by atoms with E-state index in [0.29, 0.717) is 11.4 Å². The summed E-state index contributed by atoms with van der Waals surface area (Å²) in [6.45, 7) is 1.87. The lowest BCUT2D eigenvalue weighted by Gasteiger charge is -2.03. The van der Waals surface area contributed by atoms with Crippen LogP contribution in [0, 0.1) is 6.92 Å². The summed E-state index contributed by atoms with van der Waals surface area (Å²) < 4.78 is 1.67. The first-order valence-corrected chi connectivity index (χ1v) is 5.79. The number of benzene rings is 1. The van der Waals surface area contributed by atoms with Crippen molar-refractivity contribution in [1.29, 1.82) is 0 Å². The van der Waals surface area contributed by atoms with E-state index in [0.717, 1.165) is 22.2 Å². The number of fused-ring (bicyclic) bond motifs is 3. The highest BCUT2D eigenvalue weighted by Crippen LogP contribution is 2.16. The molecule has 0 bridgehead atoms. The second-order valence-electron chi connectivity index (χ2n) is 4.03. The molecule has 0 saturated heterocycles. The van der Waals surface area contributed by atoms with Crippen LogP contribution >= 0.6 is 11.6 Å². The number of nitrogens with one attached hydrogen (secondary N) is 1. The van der Waals surface area contributed by atoms with Crippen molar-refractivity contribution in [2.24, 2.45) is 0 Å². The van der Waals surface area contributed by atoms with E-state index in [1.54, 1.807) is 10.7 Å². The van der Waals surface area contributed by atoms with Crippen LogP contribution in [0.5, 0.6) is 0 Å². The number of halogens is 1. The molecular formula is C12H10ClN3O. The molecule has 17 heavy (non-hydrogen) atoms. The highest BCUT2D eigenvalue weighted by molar-refractivity contribution is 6.17. The lowest BCUT2D eigenvalue weighted by molar-refractivity contribution is 0.986. The van der Waals surface area contributed by atoms with Gasteiger partial charge in [-0.3, -0.25) is 4.79 Å². The third-order valence-electron chi connectivity index (χ3n) is 2.86. The van der Waals surface area contributed by atoms with E-state index in [1.165, 1.54) is 0 Å². The third kappa shape index (κ3) is 1.45. The molecule has 0 atom stereocenters. The molecule has 2 aromatic heterocycles. The smallest absolute Gasteiger partial charge is 0.274 e. The number of alkyl halides is 1. The summed E-state index contributed by atoms with van der Waals surface area (Å²) in [5.41, 5.74) is 3.94. The van der Waals surface area contributed by atoms with Crippen molar-refractivity contribution >= 4 is 28.2 Å². The van der Waals surface area contributed by atoms with Crippen LogP contribution in [-0.2, 0) is 5.88 Å². The fourth-order valence-electron chi connectivity index (χ4n) is 2.02. The first-order chi connectivity index (χ1) is 8.20. The van der Waals surface area contributed by atoms with E-state index in [9.17, 15) is 4.79 Å². The predicted molar refractivity (Wildman–Crippen MR) is 67.6 cm³/mol. The van der Waals surface area contributed by atoms with E-state index in [2.05, 4.69) is 10.1 Å². The van der Waals surface area contributed by atoms with Gasteiger partial charge < -0.3 is 4.98 Å². The highest BCUT2D eigenvalue weighted by Gasteiger charge is 2.08. The SMILES string of the molecule is Cc1cnn2c1c(=O)[nH]c1cc(CCl)ccc12. The molecule has 4 nitrogen and oxygen atoms in total. The maximum Gasteiger partial charge on any atom is 0.274 e. The zero-order valence-corrected chi connectivity index (χ0v) is 9.95. The van der Waals surface area contributed by atoms with Crippen LogP contribution in [0.25, 0.3) is 16.6 Å². The Morgan fingerprint density at radius 2 is 2.29 bits per heavy atom. The number of aromatic nitrogens is 3. The topological polar surface area (TPSA) is 50.2 Å². The van der Waals surface area contributed by atoms with Gasteiger partial charge >= 0.3 is 0 Å². The summed E-state index contributed by atoms with van der Waals surface area (Å²) in [7, 11) is 0. The highest BCUT2D eigenvalue weighted by atomic mass is 35.5. The zero-order chi connectivity index (χ0) is 12.0. The van der Waals surface area contributed by atoms with E-state index in [-0.39, 0.29) is 5.56 Å². The van der Waals surface area contributed by atoms with Crippen LogP contribution in [0.4, 0.5) is 0 Å². The zero-order valence-electron chi connectivity index (χ0n) is 9.20. The second-order valence-corrected chi connectivity index (χ2v) is 4.29. The summed E-state index contributed by atoms with van der Waals surface area (Å²) in [6, 6.07) is 5.73. The van der Waals surface area contributed by atoms with Crippen LogP contribution < -0.4 is 5.56 Å². The molecule has 0 amide bonds. The van der Waals surface area contributed by atoms with Gasteiger partial charge in [0.15, 0.2) is 0 Å². The van der Waals surface area contributed by atoms with Gasteiger partial charge in [-0.2, -0.15) is 5.10 Å². The minimum Gasteiger partial charge on any atom is -0.319 e. The minimum atomic E-state index is -0.126. The molecule has 86 valence electrons. The van der Waals surface area contributed by atoms with Gasteiger partial charge in [-0.05, 0) is 24.6 Å². The average molecular weight is 248 g/mol. The normalized spacial score (nSPS) is 11.4. The molecule has 3 aromatic rings. The fourth-order valence-corrected chi connectivity index (χ4v) is 2.19. The van der Waals surface area contributed by atoms with Gasteiger partial charge in [-0.1, -0.05) is 6.07 Å². The average Bonchev–Trinajstić information content (AvgIpc) is 2.71. The predicted octanol–water partition coefficient (Wildman–Crippen LogP) is 2.22. The van der Waals surface area contributed by atoms with Gasteiger partial charge in [-0.15, -0.1) is 11.6 Å². The van der Waals surface area contributed by atoms with Crippen molar-refractivity contribution in [3.8, 4) is 0 Å². The van der Waals surface area contributed by atoms with Crippen LogP contribution in [-0.4, -0.2) is 14.6 Å². The van der Waals surface area contributed by atoms with Gasteiger partial charge in [0.05, 0.1) is 17.2 Å². The first kappa shape index (κ1) is 10.4. The van der Waals surface area contributed by atoms with Crippen molar-refractivity contribution in [3.05, 3.63) is 45.9 Å². The Morgan fingerprint density at radius 3 is 3.06 bits per heavy atom. The van der Waals surface area contributed by atoms with Crippen molar-refractivity contribution in [1.82, 2.24) is 14.6 Å². The summed E-state index contributed by atoms with van der Waals surface area (Å²) >= 11 is 5.77.